The Morgan fingerprint density at radius 2 is 2.07 bits per heavy atom. The Morgan fingerprint density at radius 1 is 1.43 bits per heavy atom. The van der Waals surface area contributed by atoms with Crippen LogP contribution in [0.2, 0.25) is 0 Å². The molecule has 0 bridgehead atoms. The monoisotopic (exact) mass is 212 g/mol. The molecule has 0 radical (unpaired) electrons. The van der Waals surface area contributed by atoms with E-state index >= 15 is 0 Å². The third-order valence-electron chi connectivity index (χ3n) is 2.61. The Bertz CT molecular complexity index is 299. The zero-order valence-corrected chi connectivity index (χ0v) is 10.6. The molecule has 0 saturated carbocycles. The smallest absolute Gasteiger partial charge is 0.136 e. The largest absolute Gasteiger partial charge is 0.495 e. The fraction of sp³-hybridized carbons (Fsp3) is 0.667. The molecule has 0 spiro atoms. The van der Waals surface area contributed by atoms with Crippen molar-refractivity contribution in [3.63, 3.8) is 0 Å². The SMILES string of the molecule is CCCC(C)(C)c1scc(C)c1OC. The summed E-state index contributed by atoms with van der Waals surface area (Å²) in [6.07, 6.45) is 2.43. The summed E-state index contributed by atoms with van der Waals surface area (Å²) < 4.78 is 5.46. The van der Waals surface area contributed by atoms with Gasteiger partial charge in [0.1, 0.15) is 5.75 Å². The van der Waals surface area contributed by atoms with Gasteiger partial charge in [-0.1, -0.05) is 27.2 Å². The molecular weight excluding hydrogens is 192 g/mol. The van der Waals surface area contributed by atoms with Crippen LogP contribution in [0.1, 0.15) is 44.1 Å². The summed E-state index contributed by atoms with van der Waals surface area (Å²) in [6, 6.07) is 0. The topological polar surface area (TPSA) is 9.23 Å². The van der Waals surface area contributed by atoms with Gasteiger partial charge in [-0.05, 0) is 18.7 Å². The molecule has 0 amide bonds. The summed E-state index contributed by atoms with van der Waals surface area (Å²) in [6.45, 7) is 8.93. The average molecular weight is 212 g/mol. The fourth-order valence-corrected chi connectivity index (χ4v) is 3.07. The molecule has 1 nitrogen and oxygen atoms in total. The maximum Gasteiger partial charge on any atom is 0.136 e. The van der Waals surface area contributed by atoms with Crippen LogP contribution in [0.3, 0.4) is 0 Å². The van der Waals surface area contributed by atoms with Gasteiger partial charge in [0.2, 0.25) is 0 Å². The summed E-state index contributed by atoms with van der Waals surface area (Å²) in [5.41, 5.74) is 1.51. The molecule has 0 aliphatic heterocycles. The molecule has 0 saturated heterocycles. The third-order valence-corrected chi connectivity index (χ3v) is 4.06. The highest BCUT2D eigenvalue weighted by atomic mass is 32.1. The van der Waals surface area contributed by atoms with E-state index in [4.69, 9.17) is 4.74 Å². The van der Waals surface area contributed by atoms with Crippen LogP contribution in [-0.4, -0.2) is 7.11 Å². The first-order chi connectivity index (χ1) is 6.53. The second-order valence-corrected chi connectivity index (χ2v) is 5.29. The van der Waals surface area contributed by atoms with Crippen molar-refractivity contribution in [1.29, 1.82) is 0 Å². The number of hydrogen-bond acceptors (Lipinski definition) is 2. The number of methoxy groups -OCH3 is 1. The van der Waals surface area contributed by atoms with E-state index in [1.165, 1.54) is 23.3 Å². The van der Waals surface area contributed by atoms with Gasteiger partial charge in [-0.15, -0.1) is 11.3 Å². The third kappa shape index (κ3) is 2.11. The molecule has 0 N–H and O–H groups in total. The Balaban J connectivity index is 3.05. The van der Waals surface area contributed by atoms with E-state index in [2.05, 4.69) is 33.1 Å². The zero-order valence-electron chi connectivity index (χ0n) is 9.81. The Kier molecular flexibility index (Phi) is 3.59. The lowest BCUT2D eigenvalue weighted by Gasteiger charge is -2.23. The standard InChI is InChI=1S/C12H20OS/c1-6-7-12(3,4)11-10(13-5)9(2)8-14-11/h8H,6-7H2,1-5H3. The fourth-order valence-electron chi connectivity index (χ4n) is 1.89. The van der Waals surface area contributed by atoms with Gasteiger partial charge < -0.3 is 4.74 Å². The van der Waals surface area contributed by atoms with Crippen molar-refractivity contribution in [2.45, 2.75) is 46.0 Å². The molecular formula is C12H20OS. The van der Waals surface area contributed by atoms with Gasteiger partial charge in [-0.25, -0.2) is 0 Å². The minimum Gasteiger partial charge on any atom is -0.495 e. The van der Waals surface area contributed by atoms with E-state index in [0.29, 0.717) is 0 Å². The van der Waals surface area contributed by atoms with Crippen molar-refractivity contribution in [2.24, 2.45) is 0 Å². The van der Waals surface area contributed by atoms with Crippen LogP contribution in [0.25, 0.3) is 0 Å². The molecule has 1 rings (SSSR count). The van der Waals surface area contributed by atoms with Crippen LogP contribution >= 0.6 is 11.3 Å². The molecule has 0 aliphatic carbocycles. The number of ether oxygens (including phenoxy) is 1. The summed E-state index contributed by atoms with van der Waals surface area (Å²) in [5.74, 6) is 1.09. The predicted molar refractivity (Wildman–Crippen MR) is 63.5 cm³/mol. The second-order valence-electron chi connectivity index (χ2n) is 4.41. The van der Waals surface area contributed by atoms with E-state index in [1.54, 1.807) is 7.11 Å². The van der Waals surface area contributed by atoms with Gasteiger partial charge in [-0.2, -0.15) is 0 Å². The molecule has 0 fully saturated rings. The molecule has 80 valence electrons. The zero-order chi connectivity index (χ0) is 10.8. The Morgan fingerprint density at radius 3 is 2.57 bits per heavy atom. The lowest BCUT2D eigenvalue weighted by molar-refractivity contribution is 0.388. The molecule has 0 aliphatic rings. The van der Waals surface area contributed by atoms with Crippen molar-refractivity contribution in [3.05, 3.63) is 15.8 Å². The molecule has 0 unspecified atom stereocenters. The minimum atomic E-state index is 0.249. The predicted octanol–water partition coefficient (Wildman–Crippen LogP) is 4.14. The van der Waals surface area contributed by atoms with Crippen molar-refractivity contribution in [1.82, 2.24) is 0 Å². The van der Waals surface area contributed by atoms with Crippen molar-refractivity contribution in [2.75, 3.05) is 7.11 Å². The first-order valence-electron chi connectivity index (χ1n) is 5.15. The van der Waals surface area contributed by atoms with E-state index < -0.39 is 0 Å². The molecule has 1 aromatic heterocycles. The normalized spacial score (nSPS) is 11.8. The van der Waals surface area contributed by atoms with Crippen molar-refractivity contribution < 1.29 is 4.74 Å². The molecule has 2 heteroatoms. The van der Waals surface area contributed by atoms with E-state index in [1.807, 2.05) is 11.3 Å². The lowest BCUT2D eigenvalue weighted by Crippen LogP contribution is -2.15. The van der Waals surface area contributed by atoms with Crippen LogP contribution in [-0.2, 0) is 5.41 Å². The Hall–Kier alpha value is -0.500. The highest BCUT2D eigenvalue weighted by Gasteiger charge is 2.26. The quantitative estimate of drug-likeness (QED) is 0.728. The van der Waals surface area contributed by atoms with Gasteiger partial charge in [0.05, 0.1) is 12.0 Å². The molecule has 1 aromatic rings. The van der Waals surface area contributed by atoms with Crippen molar-refractivity contribution >= 4 is 11.3 Å². The van der Waals surface area contributed by atoms with Gasteiger partial charge >= 0.3 is 0 Å². The van der Waals surface area contributed by atoms with E-state index in [-0.39, 0.29) is 5.41 Å². The van der Waals surface area contributed by atoms with Gasteiger partial charge in [-0.3, -0.25) is 0 Å². The van der Waals surface area contributed by atoms with Crippen LogP contribution < -0.4 is 4.74 Å². The van der Waals surface area contributed by atoms with Crippen LogP contribution in [0.4, 0.5) is 0 Å². The molecule has 1 heterocycles. The van der Waals surface area contributed by atoms with Crippen LogP contribution in [0.15, 0.2) is 5.38 Å². The maximum absolute atomic E-state index is 5.46. The summed E-state index contributed by atoms with van der Waals surface area (Å²) in [7, 11) is 1.76. The number of aryl methyl sites for hydroxylation is 1. The highest BCUT2D eigenvalue weighted by molar-refractivity contribution is 7.10. The first kappa shape index (κ1) is 11.6. The van der Waals surface area contributed by atoms with Crippen LogP contribution in [0.5, 0.6) is 5.75 Å². The summed E-state index contributed by atoms with van der Waals surface area (Å²) >= 11 is 1.82. The lowest BCUT2D eigenvalue weighted by atomic mass is 9.86. The number of rotatable bonds is 4. The molecule has 0 atom stereocenters. The molecule has 0 aromatic carbocycles. The van der Waals surface area contributed by atoms with Gasteiger partial charge in [0, 0.05) is 11.0 Å². The van der Waals surface area contributed by atoms with Gasteiger partial charge in [0.15, 0.2) is 0 Å². The Labute approximate surface area is 91.1 Å². The second kappa shape index (κ2) is 4.35. The molecule has 14 heavy (non-hydrogen) atoms. The summed E-state index contributed by atoms with van der Waals surface area (Å²) in [5, 5.41) is 2.19. The highest BCUT2D eigenvalue weighted by Crippen LogP contribution is 2.41. The number of hydrogen-bond donors (Lipinski definition) is 0. The minimum absolute atomic E-state index is 0.249. The number of thiophene rings is 1. The van der Waals surface area contributed by atoms with Gasteiger partial charge in [0.25, 0.3) is 0 Å². The average Bonchev–Trinajstić information content (AvgIpc) is 2.47. The summed E-state index contributed by atoms with van der Waals surface area (Å²) in [4.78, 5) is 1.39. The first-order valence-corrected chi connectivity index (χ1v) is 6.03. The van der Waals surface area contributed by atoms with E-state index in [0.717, 1.165) is 5.75 Å². The van der Waals surface area contributed by atoms with Crippen LogP contribution in [0, 0.1) is 6.92 Å². The van der Waals surface area contributed by atoms with Crippen molar-refractivity contribution in [3.8, 4) is 5.75 Å². The van der Waals surface area contributed by atoms with E-state index in [9.17, 15) is 0 Å². The maximum atomic E-state index is 5.46.